The van der Waals surface area contributed by atoms with Crippen LogP contribution >= 0.6 is 23.2 Å². The Morgan fingerprint density at radius 1 is 1.28 bits per heavy atom. The van der Waals surface area contributed by atoms with Crippen LogP contribution in [0, 0.1) is 5.41 Å². The average molecular weight is 287 g/mol. The van der Waals surface area contributed by atoms with E-state index in [2.05, 4.69) is 5.32 Å². The van der Waals surface area contributed by atoms with E-state index in [1.165, 1.54) is 0 Å². The minimum Gasteiger partial charge on any atom is -0.366 e. The van der Waals surface area contributed by atoms with Gasteiger partial charge in [-0.3, -0.25) is 9.59 Å². The van der Waals surface area contributed by atoms with Gasteiger partial charge >= 0.3 is 0 Å². The van der Waals surface area contributed by atoms with Gasteiger partial charge in [-0.05, 0) is 37.6 Å². The van der Waals surface area contributed by atoms with Crippen molar-refractivity contribution in [1.29, 1.82) is 0 Å². The van der Waals surface area contributed by atoms with Crippen molar-refractivity contribution >= 4 is 40.7 Å². The van der Waals surface area contributed by atoms with Gasteiger partial charge in [0.05, 0.1) is 5.41 Å². The summed E-state index contributed by atoms with van der Waals surface area (Å²) in [5.74, 6) is -0.748. The summed E-state index contributed by atoms with van der Waals surface area (Å²) < 4.78 is -0.996. The minimum atomic E-state index is -0.996. The zero-order valence-electron chi connectivity index (χ0n) is 9.67. The summed E-state index contributed by atoms with van der Waals surface area (Å²) in [5, 5.41) is 2.71. The number of carbonyl (C=O) groups is 2. The number of amides is 2. The van der Waals surface area contributed by atoms with E-state index in [-0.39, 0.29) is 5.91 Å². The molecule has 18 heavy (non-hydrogen) atoms. The van der Waals surface area contributed by atoms with Crippen molar-refractivity contribution in [2.45, 2.75) is 17.7 Å². The van der Waals surface area contributed by atoms with Crippen molar-refractivity contribution in [3.63, 3.8) is 0 Å². The van der Waals surface area contributed by atoms with Crippen LogP contribution in [0.5, 0.6) is 0 Å². The molecule has 0 aliphatic heterocycles. The summed E-state index contributed by atoms with van der Waals surface area (Å²) in [5.41, 5.74) is 5.31. The van der Waals surface area contributed by atoms with Crippen molar-refractivity contribution in [3.05, 3.63) is 29.8 Å². The molecule has 1 saturated carbocycles. The lowest BCUT2D eigenvalue weighted by Gasteiger charge is -2.12. The Bertz CT molecular complexity index is 513. The monoisotopic (exact) mass is 286 g/mol. The van der Waals surface area contributed by atoms with Gasteiger partial charge in [0, 0.05) is 11.3 Å². The number of hydrogen-bond donors (Lipinski definition) is 2. The Balaban J connectivity index is 2.07. The molecule has 2 rings (SSSR count). The van der Waals surface area contributed by atoms with Gasteiger partial charge in [-0.2, -0.15) is 0 Å². The van der Waals surface area contributed by atoms with Gasteiger partial charge in [-0.25, -0.2) is 0 Å². The second kappa shape index (κ2) is 4.14. The Morgan fingerprint density at radius 3 is 2.17 bits per heavy atom. The van der Waals surface area contributed by atoms with E-state index in [9.17, 15) is 9.59 Å². The number of carbonyl (C=O) groups excluding carboxylic acids is 2. The highest BCUT2D eigenvalue weighted by Gasteiger charge is 2.67. The van der Waals surface area contributed by atoms with E-state index in [0.29, 0.717) is 17.7 Å². The van der Waals surface area contributed by atoms with E-state index in [1.807, 2.05) is 0 Å². The molecule has 1 aliphatic rings. The predicted molar refractivity (Wildman–Crippen MR) is 70.8 cm³/mol. The number of nitrogens with two attached hydrogens (primary N) is 1. The molecule has 0 heterocycles. The summed E-state index contributed by atoms with van der Waals surface area (Å²) in [6.07, 6.45) is 0.425. The summed E-state index contributed by atoms with van der Waals surface area (Å²) in [6.45, 7) is 1.71. The SMILES string of the molecule is C[C@]1(C(=O)Nc2ccc(C(N)=O)cc2)CC1(Cl)Cl. The maximum absolute atomic E-state index is 12.0. The Hall–Kier alpha value is -1.26. The molecular formula is C12H12Cl2N2O2. The first-order valence-corrected chi connectivity index (χ1v) is 6.11. The third-order valence-electron chi connectivity index (χ3n) is 3.19. The fourth-order valence-electron chi connectivity index (χ4n) is 1.63. The smallest absolute Gasteiger partial charge is 0.248 e. The first-order chi connectivity index (χ1) is 8.26. The third-order valence-corrected chi connectivity index (χ3v) is 4.29. The second-order valence-electron chi connectivity index (χ2n) is 4.61. The Morgan fingerprint density at radius 2 is 1.78 bits per heavy atom. The van der Waals surface area contributed by atoms with Crippen molar-refractivity contribution < 1.29 is 9.59 Å². The van der Waals surface area contributed by atoms with Crippen molar-refractivity contribution in [1.82, 2.24) is 0 Å². The molecule has 96 valence electrons. The molecule has 1 aromatic carbocycles. The van der Waals surface area contributed by atoms with E-state index in [0.717, 1.165) is 0 Å². The number of nitrogens with one attached hydrogen (secondary N) is 1. The molecule has 2 amide bonds. The number of alkyl halides is 2. The first-order valence-electron chi connectivity index (χ1n) is 5.35. The molecule has 1 fully saturated rings. The molecule has 0 unspecified atom stereocenters. The molecule has 0 aromatic heterocycles. The molecule has 0 saturated heterocycles. The molecular weight excluding hydrogens is 275 g/mol. The molecule has 0 spiro atoms. The van der Waals surface area contributed by atoms with Crippen molar-refractivity contribution in [2.75, 3.05) is 5.32 Å². The molecule has 0 bridgehead atoms. The van der Waals surface area contributed by atoms with Crippen LogP contribution in [0.1, 0.15) is 23.7 Å². The van der Waals surface area contributed by atoms with Gasteiger partial charge in [0.2, 0.25) is 11.8 Å². The van der Waals surface area contributed by atoms with Crippen molar-refractivity contribution in [3.8, 4) is 0 Å². The van der Waals surface area contributed by atoms with Crippen molar-refractivity contribution in [2.24, 2.45) is 11.1 Å². The fraction of sp³-hybridized carbons (Fsp3) is 0.333. The largest absolute Gasteiger partial charge is 0.366 e. The van der Waals surface area contributed by atoms with E-state index in [4.69, 9.17) is 28.9 Å². The lowest BCUT2D eigenvalue weighted by Crippen LogP contribution is -2.26. The predicted octanol–water partition coefficient (Wildman–Crippen LogP) is 2.31. The highest BCUT2D eigenvalue weighted by Crippen LogP contribution is 2.64. The number of halogens is 2. The summed E-state index contributed by atoms with van der Waals surface area (Å²) >= 11 is 11.8. The van der Waals surface area contributed by atoms with E-state index < -0.39 is 15.7 Å². The first kappa shape index (κ1) is 13.2. The van der Waals surface area contributed by atoms with Crippen LogP contribution in [0.2, 0.25) is 0 Å². The number of rotatable bonds is 3. The normalized spacial score (nSPS) is 24.4. The topological polar surface area (TPSA) is 72.2 Å². The highest BCUT2D eigenvalue weighted by atomic mass is 35.5. The number of benzene rings is 1. The Kier molecular flexibility index (Phi) is 3.03. The maximum Gasteiger partial charge on any atom is 0.248 e. The van der Waals surface area contributed by atoms with Gasteiger partial charge in [0.25, 0.3) is 0 Å². The molecule has 4 nitrogen and oxygen atoms in total. The molecule has 0 radical (unpaired) electrons. The van der Waals surface area contributed by atoms with Gasteiger partial charge in [-0.1, -0.05) is 0 Å². The van der Waals surface area contributed by atoms with Gasteiger partial charge in [-0.15, -0.1) is 23.2 Å². The number of primary amides is 1. The lowest BCUT2D eigenvalue weighted by molar-refractivity contribution is -0.120. The standard InChI is InChI=1S/C12H12Cl2N2O2/c1-11(6-12(11,13)14)10(18)16-8-4-2-7(3-5-8)9(15)17/h2-5H,6H2,1H3,(H2,15,17)(H,16,18)/t11-/m1/s1. The number of anilines is 1. The number of hydrogen-bond acceptors (Lipinski definition) is 2. The van der Waals surface area contributed by atoms with Gasteiger partial charge in [0.1, 0.15) is 4.33 Å². The van der Waals surface area contributed by atoms with Crippen LogP contribution in [0.4, 0.5) is 5.69 Å². The zero-order chi connectivity index (χ0) is 13.6. The van der Waals surface area contributed by atoms with Crippen LogP contribution < -0.4 is 11.1 Å². The Labute approximate surface area is 114 Å². The molecule has 6 heteroatoms. The summed E-state index contributed by atoms with van der Waals surface area (Å²) in [7, 11) is 0. The van der Waals surface area contributed by atoms with Crippen LogP contribution in [0.3, 0.4) is 0 Å². The van der Waals surface area contributed by atoms with E-state index in [1.54, 1.807) is 31.2 Å². The maximum atomic E-state index is 12.0. The summed E-state index contributed by atoms with van der Waals surface area (Å²) in [4.78, 5) is 22.8. The van der Waals surface area contributed by atoms with Gasteiger partial charge in [0.15, 0.2) is 0 Å². The van der Waals surface area contributed by atoms with Crippen LogP contribution in [0.25, 0.3) is 0 Å². The highest BCUT2D eigenvalue weighted by molar-refractivity contribution is 6.53. The molecule has 1 atom stereocenters. The zero-order valence-corrected chi connectivity index (χ0v) is 11.2. The van der Waals surface area contributed by atoms with Gasteiger partial charge < -0.3 is 11.1 Å². The van der Waals surface area contributed by atoms with Crippen LogP contribution in [-0.2, 0) is 4.79 Å². The van der Waals surface area contributed by atoms with Crippen LogP contribution in [0.15, 0.2) is 24.3 Å². The average Bonchev–Trinajstić information content (AvgIpc) is 2.80. The third kappa shape index (κ3) is 2.18. The van der Waals surface area contributed by atoms with Crippen LogP contribution in [-0.4, -0.2) is 16.1 Å². The molecule has 1 aromatic rings. The fourth-order valence-corrected chi connectivity index (χ4v) is 2.34. The van der Waals surface area contributed by atoms with E-state index >= 15 is 0 Å². The molecule has 3 N–H and O–H groups in total. The lowest BCUT2D eigenvalue weighted by atomic mass is 10.1. The summed E-state index contributed by atoms with van der Waals surface area (Å²) in [6, 6.07) is 6.30. The second-order valence-corrected chi connectivity index (χ2v) is 6.09. The molecule has 1 aliphatic carbocycles. The quantitative estimate of drug-likeness (QED) is 0.837. The minimum absolute atomic E-state index is 0.237.